The van der Waals surface area contributed by atoms with Gasteiger partial charge in [0.25, 0.3) is 5.91 Å². The zero-order valence-corrected chi connectivity index (χ0v) is 13.7. The molecule has 3 aromatic heterocycles. The van der Waals surface area contributed by atoms with Crippen molar-refractivity contribution < 1.29 is 9.18 Å². The zero-order valence-electron chi connectivity index (χ0n) is 12.9. The van der Waals surface area contributed by atoms with Gasteiger partial charge in [0.1, 0.15) is 11.5 Å². The van der Waals surface area contributed by atoms with Gasteiger partial charge in [0, 0.05) is 10.9 Å². The first kappa shape index (κ1) is 15.4. The third-order valence-corrected chi connectivity index (χ3v) is 4.70. The van der Waals surface area contributed by atoms with Gasteiger partial charge in [-0.25, -0.2) is 9.07 Å². The molecule has 0 bridgehead atoms. The lowest BCUT2D eigenvalue weighted by atomic mass is 10.2. The number of nitrogens with one attached hydrogen (secondary N) is 1. The largest absolute Gasteiger partial charge is 0.346 e. The number of benzene rings is 1. The molecule has 6 nitrogen and oxygen atoms in total. The van der Waals surface area contributed by atoms with Gasteiger partial charge < -0.3 is 5.32 Å². The van der Waals surface area contributed by atoms with Crippen LogP contribution in [0.1, 0.15) is 15.4 Å². The smallest absolute Gasteiger partial charge is 0.261 e. The van der Waals surface area contributed by atoms with E-state index in [9.17, 15) is 9.18 Å². The van der Waals surface area contributed by atoms with Crippen LogP contribution in [0.4, 0.5) is 4.39 Å². The third-order valence-electron chi connectivity index (χ3n) is 3.58. The number of rotatable bonds is 4. The van der Waals surface area contributed by atoms with Crippen molar-refractivity contribution in [3.8, 4) is 5.69 Å². The standard InChI is InChI=1S/C17H12FN5OS/c18-12-3-4-15-11(6-12)7-16(25-15)17(24)20-8-13-10-23(22-21-13)14-2-1-5-19-9-14/h1-7,9-10H,8H2,(H,20,24). The normalized spacial score (nSPS) is 10.9. The van der Waals surface area contributed by atoms with Crippen LogP contribution in [0.25, 0.3) is 15.8 Å². The van der Waals surface area contributed by atoms with Crippen molar-refractivity contribution in [1.82, 2.24) is 25.3 Å². The van der Waals surface area contributed by atoms with Gasteiger partial charge in [-0.1, -0.05) is 5.21 Å². The van der Waals surface area contributed by atoms with E-state index in [0.717, 1.165) is 15.8 Å². The predicted octanol–water partition coefficient (Wildman–Crippen LogP) is 2.95. The highest BCUT2D eigenvalue weighted by Gasteiger charge is 2.11. The van der Waals surface area contributed by atoms with E-state index in [-0.39, 0.29) is 18.3 Å². The van der Waals surface area contributed by atoms with E-state index in [4.69, 9.17) is 0 Å². The summed E-state index contributed by atoms with van der Waals surface area (Å²) in [5, 5.41) is 11.6. The summed E-state index contributed by atoms with van der Waals surface area (Å²) >= 11 is 1.32. The Morgan fingerprint density at radius 2 is 2.20 bits per heavy atom. The van der Waals surface area contributed by atoms with Crippen LogP contribution < -0.4 is 5.32 Å². The van der Waals surface area contributed by atoms with E-state index in [0.29, 0.717) is 10.6 Å². The van der Waals surface area contributed by atoms with E-state index in [1.165, 1.54) is 23.5 Å². The number of pyridine rings is 1. The van der Waals surface area contributed by atoms with Crippen molar-refractivity contribution in [3.63, 3.8) is 0 Å². The maximum absolute atomic E-state index is 13.2. The first-order valence-corrected chi connectivity index (χ1v) is 8.29. The lowest BCUT2D eigenvalue weighted by molar-refractivity contribution is 0.0954. The Hall–Kier alpha value is -3.13. The molecule has 0 atom stereocenters. The molecule has 0 unspecified atom stereocenters. The number of halogens is 1. The Kier molecular flexibility index (Phi) is 3.95. The Bertz CT molecular complexity index is 1040. The number of carbonyl (C=O) groups excluding carboxylic acids is 1. The van der Waals surface area contributed by atoms with Crippen molar-refractivity contribution in [3.05, 3.63) is 71.4 Å². The van der Waals surface area contributed by atoms with E-state index in [1.807, 2.05) is 12.1 Å². The van der Waals surface area contributed by atoms with Crippen LogP contribution in [-0.4, -0.2) is 25.9 Å². The van der Waals surface area contributed by atoms with E-state index < -0.39 is 0 Å². The Balaban J connectivity index is 1.45. The van der Waals surface area contributed by atoms with Gasteiger partial charge in [-0.2, -0.15) is 0 Å². The maximum Gasteiger partial charge on any atom is 0.261 e. The van der Waals surface area contributed by atoms with Crippen molar-refractivity contribution in [2.75, 3.05) is 0 Å². The summed E-state index contributed by atoms with van der Waals surface area (Å²) in [7, 11) is 0. The highest BCUT2D eigenvalue weighted by atomic mass is 32.1. The lowest BCUT2D eigenvalue weighted by Crippen LogP contribution is -2.21. The number of hydrogen-bond donors (Lipinski definition) is 1. The number of amides is 1. The van der Waals surface area contributed by atoms with Crippen LogP contribution in [0, 0.1) is 5.82 Å². The Morgan fingerprint density at radius 1 is 1.28 bits per heavy atom. The molecule has 4 aromatic rings. The van der Waals surface area contributed by atoms with Gasteiger partial charge in [0.2, 0.25) is 0 Å². The summed E-state index contributed by atoms with van der Waals surface area (Å²) in [6.45, 7) is 0.252. The number of fused-ring (bicyclic) bond motifs is 1. The highest BCUT2D eigenvalue weighted by molar-refractivity contribution is 7.20. The third kappa shape index (κ3) is 3.24. The Morgan fingerprint density at radius 3 is 3.04 bits per heavy atom. The summed E-state index contributed by atoms with van der Waals surface area (Å²) in [5.41, 5.74) is 1.42. The van der Waals surface area contributed by atoms with Crippen LogP contribution in [-0.2, 0) is 6.54 Å². The minimum atomic E-state index is -0.315. The minimum Gasteiger partial charge on any atom is -0.346 e. The predicted molar refractivity (Wildman–Crippen MR) is 92.1 cm³/mol. The number of aromatic nitrogens is 4. The molecule has 8 heteroatoms. The molecule has 0 spiro atoms. The van der Waals surface area contributed by atoms with Crippen LogP contribution >= 0.6 is 11.3 Å². The van der Waals surface area contributed by atoms with Crippen LogP contribution in [0.15, 0.2) is 55.0 Å². The second kappa shape index (κ2) is 6.40. The van der Waals surface area contributed by atoms with Crippen LogP contribution in [0.3, 0.4) is 0 Å². The summed E-state index contributed by atoms with van der Waals surface area (Å²) in [6, 6.07) is 9.83. The topological polar surface area (TPSA) is 72.7 Å². The average Bonchev–Trinajstić information content (AvgIpc) is 3.27. The quantitative estimate of drug-likeness (QED) is 0.612. The fourth-order valence-electron chi connectivity index (χ4n) is 2.38. The van der Waals surface area contributed by atoms with Crippen LogP contribution in [0.2, 0.25) is 0 Å². The lowest BCUT2D eigenvalue weighted by Gasteiger charge is -2.00. The van der Waals surface area contributed by atoms with Gasteiger partial charge in [-0.15, -0.1) is 16.4 Å². The van der Waals surface area contributed by atoms with Crippen molar-refractivity contribution in [2.24, 2.45) is 0 Å². The van der Waals surface area contributed by atoms with E-state index >= 15 is 0 Å². The van der Waals surface area contributed by atoms with Gasteiger partial charge in [-0.3, -0.25) is 9.78 Å². The highest BCUT2D eigenvalue weighted by Crippen LogP contribution is 2.26. The number of carbonyl (C=O) groups is 1. The van der Waals surface area contributed by atoms with Crippen molar-refractivity contribution in [2.45, 2.75) is 6.54 Å². The maximum atomic E-state index is 13.2. The minimum absolute atomic E-state index is 0.225. The molecule has 1 aromatic carbocycles. The SMILES string of the molecule is O=C(NCc1cn(-c2cccnc2)nn1)c1cc2cc(F)ccc2s1. The molecule has 1 amide bonds. The van der Waals surface area contributed by atoms with Crippen LogP contribution in [0.5, 0.6) is 0 Å². The van der Waals surface area contributed by atoms with Gasteiger partial charge in [0.05, 0.1) is 29.5 Å². The second-order valence-electron chi connectivity index (χ2n) is 5.34. The summed E-state index contributed by atoms with van der Waals surface area (Å²) in [5.74, 6) is -0.540. The van der Waals surface area contributed by atoms with E-state index in [2.05, 4.69) is 20.6 Å². The van der Waals surface area contributed by atoms with Gasteiger partial charge in [0.15, 0.2) is 0 Å². The monoisotopic (exact) mass is 353 g/mol. The molecule has 0 aliphatic carbocycles. The molecule has 0 saturated heterocycles. The number of hydrogen-bond acceptors (Lipinski definition) is 5. The fourth-order valence-corrected chi connectivity index (χ4v) is 3.34. The molecule has 0 radical (unpaired) electrons. The molecule has 0 aliphatic rings. The zero-order chi connectivity index (χ0) is 17.2. The molecule has 0 aliphatic heterocycles. The van der Waals surface area contributed by atoms with E-state index in [1.54, 1.807) is 35.4 Å². The molecule has 0 fully saturated rings. The molecule has 1 N–H and O–H groups in total. The molecular weight excluding hydrogens is 341 g/mol. The summed E-state index contributed by atoms with van der Waals surface area (Å²) in [6.07, 6.45) is 5.09. The number of thiophene rings is 1. The summed E-state index contributed by atoms with van der Waals surface area (Å²) in [4.78, 5) is 16.8. The van der Waals surface area contributed by atoms with Gasteiger partial charge >= 0.3 is 0 Å². The summed E-state index contributed by atoms with van der Waals surface area (Å²) < 4.78 is 15.7. The molecule has 4 rings (SSSR count). The fraction of sp³-hybridized carbons (Fsp3) is 0.0588. The molecule has 25 heavy (non-hydrogen) atoms. The molecule has 124 valence electrons. The Labute approximate surface area is 145 Å². The second-order valence-corrected chi connectivity index (χ2v) is 6.42. The van der Waals surface area contributed by atoms with Crippen molar-refractivity contribution in [1.29, 1.82) is 0 Å². The van der Waals surface area contributed by atoms with Gasteiger partial charge in [-0.05, 0) is 41.8 Å². The first-order valence-electron chi connectivity index (χ1n) is 7.48. The van der Waals surface area contributed by atoms with Crippen molar-refractivity contribution >= 4 is 27.3 Å². The molecule has 0 saturated carbocycles. The first-order chi connectivity index (χ1) is 12.2. The average molecular weight is 353 g/mol. The molecular formula is C17H12FN5OS. The molecule has 3 heterocycles. The number of nitrogens with zero attached hydrogens (tertiary/aromatic N) is 4.